The van der Waals surface area contributed by atoms with Crippen molar-refractivity contribution in [3.63, 3.8) is 0 Å². The Labute approximate surface area is 149 Å². The van der Waals surface area contributed by atoms with Gasteiger partial charge in [0.1, 0.15) is 11.6 Å². The first kappa shape index (κ1) is 18.6. The molecule has 0 saturated carbocycles. The van der Waals surface area contributed by atoms with Crippen molar-refractivity contribution in [1.29, 1.82) is 5.26 Å². The minimum absolute atomic E-state index is 0.124. The summed E-state index contributed by atoms with van der Waals surface area (Å²) >= 11 is 0. The molecule has 0 fully saturated rings. The first-order valence-corrected chi connectivity index (χ1v) is 8.14. The third-order valence-corrected chi connectivity index (χ3v) is 3.80. The Balaban J connectivity index is 2.18. The Morgan fingerprint density at radius 2 is 1.96 bits per heavy atom. The van der Waals surface area contributed by atoms with E-state index in [2.05, 4.69) is 54.5 Å². The van der Waals surface area contributed by atoms with Gasteiger partial charge in [-0.25, -0.2) is 4.98 Å². The molecular formula is C20H24N4O. The number of hydrogen-bond donors (Lipinski definition) is 1. The lowest BCUT2D eigenvalue weighted by molar-refractivity contribution is 0.184. The van der Waals surface area contributed by atoms with Crippen molar-refractivity contribution in [2.45, 2.75) is 39.7 Å². The Hall–Kier alpha value is -2.71. The van der Waals surface area contributed by atoms with E-state index in [9.17, 15) is 5.26 Å². The van der Waals surface area contributed by atoms with Gasteiger partial charge in [0.25, 0.3) is 0 Å². The van der Waals surface area contributed by atoms with Crippen molar-refractivity contribution >= 4 is 12.0 Å². The minimum Gasteiger partial charge on any atom is -0.380 e. The van der Waals surface area contributed by atoms with Gasteiger partial charge in [0.05, 0.1) is 12.8 Å². The van der Waals surface area contributed by atoms with Crippen LogP contribution in [0.2, 0.25) is 0 Å². The lowest BCUT2D eigenvalue weighted by Crippen LogP contribution is -2.10. The van der Waals surface area contributed by atoms with Crippen LogP contribution in [0, 0.1) is 18.3 Å². The lowest BCUT2D eigenvalue weighted by Gasteiger charge is -2.18. The number of hydrazone groups is 1. The van der Waals surface area contributed by atoms with E-state index in [0.717, 1.165) is 16.8 Å². The summed E-state index contributed by atoms with van der Waals surface area (Å²) in [4.78, 5) is 4.36. The van der Waals surface area contributed by atoms with Crippen LogP contribution < -0.4 is 5.43 Å². The third-order valence-electron chi connectivity index (χ3n) is 3.80. The molecule has 130 valence electrons. The van der Waals surface area contributed by atoms with E-state index in [1.54, 1.807) is 13.3 Å². The van der Waals surface area contributed by atoms with Gasteiger partial charge in [-0.3, -0.25) is 5.43 Å². The smallest absolute Gasteiger partial charge is 0.164 e. The average molecular weight is 336 g/mol. The minimum atomic E-state index is 0.124. The molecule has 0 saturated heterocycles. The molecular weight excluding hydrogens is 312 g/mol. The van der Waals surface area contributed by atoms with E-state index < -0.39 is 0 Å². The van der Waals surface area contributed by atoms with Crippen LogP contribution in [0.4, 0.5) is 5.82 Å². The molecule has 0 aliphatic carbocycles. The lowest BCUT2D eigenvalue weighted by atomic mass is 9.87. The molecule has 2 aromatic rings. The topological polar surface area (TPSA) is 70.3 Å². The van der Waals surface area contributed by atoms with Gasteiger partial charge in [-0.05, 0) is 29.5 Å². The van der Waals surface area contributed by atoms with Gasteiger partial charge in [-0.2, -0.15) is 10.4 Å². The molecule has 0 bridgehead atoms. The van der Waals surface area contributed by atoms with Gasteiger partial charge in [-0.1, -0.05) is 45.0 Å². The standard InChI is InChI=1S/C20H24N4O/c1-14-10-16(13-25-5)18(11-21)19(23-14)24-22-12-15-6-8-17(9-7-15)20(2,3)4/h6-10,12H,13H2,1-5H3,(H,23,24)/b22-12+. The van der Waals surface area contributed by atoms with Crippen LogP contribution in [-0.2, 0) is 16.8 Å². The zero-order valence-corrected chi connectivity index (χ0v) is 15.4. The Morgan fingerprint density at radius 1 is 1.28 bits per heavy atom. The second-order valence-electron chi connectivity index (χ2n) is 6.93. The largest absolute Gasteiger partial charge is 0.380 e. The predicted molar refractivity (Wildman–Crippen MR) is 101 cm³/mol. The van der Waals surface area contributed by atoms with Crippen molar-refractivity contribution in [2.24, 2.45) is 5.10 Å². The van der Waals surface area contributed by atoms with Crippen molar-refractivity contribution in [2.75, 3.05) is 12.5 Å². The molecule has 1 aromatic carbocycles. The molecule has 0 amide bonds. The number of nitrogens with one attached hydrogen (secondary N) is 1. The van der Waals surface area contributed by atoms with E-state index >= 15 is 0 Å². The normalized spacial score (nSPS) is 11.5. The van der Waals surface area contributed by atoms with Crippen LogP contribution in [0.15, 0.2) is 35.4 Å². The van der Waals surface area contributed by atoms with Crippen molar-refractivity contribution in [3.8, 4) is 6.07 Å². The summed E-state index contributed by atoms with van der Waals surface area (Å²) in [5.41, 5.74) is 7.30. The monoisotopic (exact) mass is 336 g/mol. The zero-order chi connectivity index (χ0) is 18.4. The fourth-order valence-corrected chi connectivity index (χ4v) is 2.45. The van der Waals surface area contributed by atoms with Crippen LogP contribution in [0.5, 0.6) is 0 Å². The number of aromatic nitrogens is 1. The number of nitrogens with zero attached hydrogens (tertiary/aromatic N) is 3. The molecule has 0 radical (unpaired) electrons. The molecule has 0 aliphatic rings. The van der Waals surface area contributed by atoms with E-state index in [-0.39, 0.29) is 5.41 Å². The molecule has 2 rings (SSSR count). The quantitative estimate of drug-likeness (QED) is 0.658. The maximum absolute atomic E-state index is 9.40. The van der Waals surface area contributed by atoms with Crippen LogP contribution in [0.3, 0.4) is 0 Å². The highest BCUT2D eigenvalue weighted by Gasteiger charge is 2.13. The fraction of sp³-hybridized carbons (Fsp3) is 0.350. The summed E-state index contributed by atoms with van der Waals surface area (Å²) in [5.74, 6) is 0.442. The Bertz CT molecular complexity index is 796. The van der Waals surface area contributed by atoms with Crippen LogP contribution >= 0.6 is 0 Å². The number of methoxy groups -OCH3 is 1. The number of pyridine rings is 1. The van der Waals surface area contributed by atoms with E-state index in [4.69, 9.17) is 4.74 Å². The second kappa shape index (κ2) is 7.91. The highest BCUT2D eigenvalue weighted by atomic mass is 16.5. The van der Waals surface area contributed by atoms with Crippen LogP contribution in [-0.4, -0.2) is 18.3 Å². The summed E-state index contributed by atoms with van der Waals surface area (Å²) < 4.78 is 5.15. The average Bonchev–Trinajstić information content (AvgIpc) is 2.54. The molecule has 1 N–H and O–H groups in total. The third kappa shape index (κ3) is 4.88. The molecule has 0 unspecified atom stereocenters. The van der Waals surface area contributed by atoms with Crippen molar-refractivity contribution in [3.05, 3.63) is 58.3 Å². The number of hydrogen-bond acceptors (Lipinski definition) is 5. The number of benzene rings is 1. The van der Waals surface area contributed by atoms with Gasteiger partial charge in [-0.15, -0.1) is 0 Å². The maximum Gasteiger partial charge on any atom is 0.164 e. The van der Waals surface area contributed by atoms with Crippen LogP contribution in [0.25, 0.3) is 0 Å². The molecule has 0 aliphatic heterocycles. The van der Waals surface area contributed by atoms with E-state index in [0.29, 0.717) is 18.0 Å². The summed E-state index contributed by atoms with van der Waals surface area (Å²) in [7, 11) is 1.60. The first-order valence-electron chi connectivity index (χ1n) is 8.14. The summed E-state index contributed by atoms with van der Waals surface area (Å²) in [6, 6.07) is 12.3. The predicted octanol–water partition coefficient (Wildman–Crippen LogP) is 4.15. The van der Waals surface area contributed by atoms with Crippen molar-refractivity contribution < 1.29 is 4.74 Å². The SMILES string of the molecule is COCc1cc(C)nc(N/N=C/c2ccc(C(C)(C)C)cc2)c1C#N. The number of anilines is 1. The molecule has 5 nitrogen and oxygen atoms in total. The first-order chi connectivity index (χ1) is 11.8. The van der Waals surface area contributed by atoms with Gasteiger partial charge in [0, 0.05) is 18.4 Å². The van der Waals surface area contributed by atoms with E-state index in [1.807, 2.05) is 25.1 Å². The molecule has 25 heavy (non-hydrogen) atoms. The van der Waals surface area contributed by atoms with E-state index in [1.165, 1.54) is 5.56 Å². The van der Waals surface area contributed by atoms with Gasteiger partial charge < -0.3 is 4.74 Å². The van der Waals surface area contributed by atoms with Crippen LogP contribution in [0.1, 0.15) is 48.7 Å². The highest BCUT2D eigenvalue weighted by Crippen LogP contribution is 2.22. The Kier molecular flexibility index (Phi) is 5.89. The Morgan fingerprint density at radius 3 is 2.52 bits per heavy atom. The molecule has 0 spiro atoms. The van der Waals surface area contributed by atoms with Gasteiger partial charge in [0.2, 0.25) is 0 Å². The molecule has 1 heterocycles. The second-order valence-corrected chi connectivity index (χ2v) is 6.93. The van der Waals surface area contributed by atoms with Gasteiger partial charge >= 0.3 is 0 Å². The number of ether oxygens (including phenoxy) is 1. The summed E-state index contributed by atoms with van der Waals surface area (Å²) in [6.07, 6.45) is 1.72. The van der Waals surface area contributed by atoms with Gasteiger partial charge in [0.15, 0.2) is 5.82 Å². The number of rotatable bonds is 5. The summed E-state index contributed by atoms with van der Waals surface area (Å²) in [6.45, 7) is 8.78. The number of aryl methyl sites for hydroxylation is 1. The molecule has 1 aromatic heterocycles. The molecule has 0 atom stereocenters. The van der Waals surface area contributed by atoms with Crippen molar-refractivity contribution in [1.82, 2.24) is 4.98 Å². The maximum atomic E-state index is 9.40. The zero-order valence-electron chi connectivity index (χ0n) is 15.4. The highest BCUT2D eigenvalue weighted by molar-refractivity contribution is 5.80. The fourth-order valence-electron chi connectivity index (χ4n) is 2.45. The molecule has 5 heteroatoms. The number of nitriles is 1. The summed E-state index contributed by atoms with van der Waals surface area (Å²) in [5, 5.41) is 13.6.